The first kappa shape index (κ1) is 22.2. The summed E-state index contributed by atoms with van der Waals surface area (Å²) in [4.78, 5) is 0. The van der Waals surface area contributed by atoms with Gasteiger partial charge in [0.05, 0.1) is 0 Å². The summed E-state index contributed by atoms with van der Waals surface area (Å²) in [5.41, 5.74) is 0.766. The van der Waals surface area contributed by atoms with E-state index in [1.54, 1.807) is 19.1 Å². The van der Waals surface area contributed by atoms with Gasteiger partial charge in [-0.2, -0.15) is 26.3 Å². The molecule has 11 heteroatoms. The Balaban J connectivity index is 2.13. The molecule has 0 radical (unpaired) electrons. The van der Waals surface area contributed by atoms with Crippen LogP contribution in [-0.2, 0) is 13.6 Å². The molecule has 1 aliphatic rings. The zero-order chi connectivity index (χ0) is 21.6. The molecule has 3 rings (SSSR count). The lowest BCUT2D eigenvalue weighted by atomic mass is 10.0. The molecule has 0 amide bonds. The summed E-state index contributed by atoms with van der Waals surface area (Å²) in [5.74, 6) is 0. The van der Waals surface area contributed by atoms with Crippen molar-refractivity contribution in [2.75, 3.05) is 13.2 Å². The van der Waals surface area contributed by atoms with Crippen molar-refractivity contribution in [3.05, 3.63) is 58.1 Å². The monoisotopic (exact) mass is 458 g/mol. The van der Waals surface area contributed by atoms with E-state index in [1.807, 2.05) is 0 Å². The van der Waals surface area contributed by atoms with Crippen molar-refractivity contribution in [2.45, 2.75) is 24.9 Å². The summed E-state index contributed by atoms with van der Waals surface area (Å²) < 4.78 is 98.6. The fourth-order valence-corrected chi connectivity index (χ4v) is 5.49. The Hall–Kier alpha value is -1.54. The van der Waals surface area contributed by atoms with Gasteiger partial charge in [0.15, 0.2) is 13.2 Å². The van der Waals surface area contributed by atoms with E-state index in [4.69, 9.17) is 11.6 Å². The number of rotatable bonds is 5. The molecule has 0 fully saturated rings. The lowest BCUT2D eigenvalue weighted by Crippen LogP contribution is -2.21. The lowest BCUT2D eigenvalue weighted by Gasteiger charge is -2.26. The Kier molecular flexibility index (Phi) is 5.82. The van der Waals surface area contributed by atoms with Gasteiger partial charge in [0.1, 0.15) is 5.66 Å². The summed E-state index contributed by atoms with van der Waals surface area (Å²) >= 11 is 6.00. The van der Waals surface area contributed by atoms with Crippen LogP contribution in [0, 0.1) is 6.92 Å². The Morgan fingerprint density at radius 3 is 1.90 bits per heavy atom. The van der Waals surface area contributed by atoms with E-state index in [1.165, 1.54) is 24.3 Å². The minimum Gasteiger partial charge on any atom is -0.298 e. The van der Waals surface area contributed by atoms with Gasteiger partial charge in [-0.15, -0.1) is 0 Å². The second-order valence-corrected chi connectivity index (χ2v) is 9.09. The molecule has 0 spiro atoms. The molecule has 0 heterocycles. The van der Waals surface area contributed by atoms with Crippen molar-refractivity contribution in [1.82, 2.24) is 0 Å². The van der Waals surface area contributed by atoms with Crippen LogP contribution in [0.4, 0.5) is 26.3 Å². The van der Waals surface area contributed by atoms with Crippen LogP contribution < -0.4 is 0 Å². The van der Waals surface area contributed by atoms with E-state index in [9.17, 15) is 30.9 Å². The molecule has 0 saturated carbocycles. The maximum Gasteiger partial charge on any atom is 0.412 e. The maximum absolute atomic E-state index is 13.3. The smallest absolute Gasteiger partial charge is 0.298 e. The molecule has 0 N–H and O–H groups in total. The summed E-state index contributed by atoms with van der Waals surface area (Å²) in [6.45, 7) is -2.26. The highest BCUT2D eigenvalue weighted by Crippen LogP contribution is 2.69. The third-order valence-electron chi connectivity index (χ3n) is 4.24. The molecule has 0 bridgehead atoms. The van der Waals surface area contributed by atoms with Gasteiger partial charge < -0.3 is 0 Å². The number of halogens is 7. The highest BCUT2D eigenvalue weighted by molar-refractivity contribution is 7.54. The van der Waals surface area contributed by atoms with E-state index in [0.717, 1.165) is 5.56 Å². The molecule has 2 aromatic rings. The molecule has 2 aromatic carbocycles. The van der Waals surface area contributed by atoms with E-state index < -0.39 is 38.8 Å². The normalized spacial score (nSPS) is 16.6. The van der Waals surface area contributed by atoms with Gasteiger partial charge >= 0.3 is 19.9 Å². The SMILES string of the molecule is Cc1ccc2c(c1)-c1cc(Cl)ccc1C2P(=O)(OCC(F)(F)F)OCC(F)(F)F. The van der Waals surface area contributed by atoms with Crippen LogP contribution in [0.3, 0.4) is 0 Å². The molecule has 0 saturated heterocycles. The van der Waals surface area contributed by atoms with Crippen LogP contribution in [0.1, 0.15) is 22.3 Å². The predicted octanol–water partition coefficient (Wildman–Crippen LogP) is 7.07. The molecule has 0 aliphatic heterocycles. The number of aryl methyl sites for hydroxylation is 1. The predicted molar refractivity (Wildman–Crippen MR) is 95.1 cm³/mol. The highest BCUT2D eigenvalue weighted by Gasteiger charge is 2.48. The van der Waals surface area contributed by atoms with Gasteiger partial charge in [-0.1, -0.05) is 41.4 Å². The number of alkyl halides is 6. The van der Waals surface area contributed by atoms with Gasteiger partial charge in [0.25, 0.3) is 0 Å². The van der Waals surface area contributed by atoms with Crippen LogP contribution in [0.2, 0.25) is 5.02 Å². The van der Waals surface area contributed by atoms with Crippen LogP contribution in [0.5, 0.6) is 0 Å². The van der Waals surface area contributed by atoms with E-state index in [-0.39, 0.29) is 11.1 Å². The van der Waals surface area contributed by atoms with Crippen LogP contribution in [0.25, 0.3) is 11.1 Å². The molecule has 1 atom stereocenters. The van der Waals surface area contributed by atoms with Crippen molar-refractivity contribution in [3.8, 4) is 11.1 Å². The third-order valence-corrected chi connectivity index (χ3v) is 6.64. The number of benzene rings is 2. The summed E-state index contributed by atoms with van der Waals surface area (Å²) in [7, 11) is -4.94. The summed E-state index contributed by atoms with van der Waals surface area (Å²) in [6, 6.07) is 9.10. The number of fused-ring (bicyclic) bond motifs is 3. The molecular weight excluding hydrogens is 445 g/mol. The van der Waals surface area contributed by atoms with Crippen molar-refractivity contribution in [2.24, 2.45) is 0 Å². The van der Waals surface area contributed by atoms with Crippen LogP contribution in [0.15, 0.2) is 36.4 Å². The Labute approximate surface area is 167 Å². The second-order valence-electron chi connectivity index (χ2n) is 6.54. The van der Waals surface area contributed by atoms with E-state index >= 15 is 0 Å². The Morgan fingerprint density at radius 2 is 1.38 bits per heavy atom. The maximum atomic E-state index is 13.3. The first-order valence-electron chi connectivity index (χ1n) is 8.22. The molecular formula is C18H14ClF6O3P. The molecule has 1 unspecified atom stereocenters. The minimum atomic E-state index is -4.94. The molecule has 1 aliphatic carbocycles. The largest absolute Gasteiger partial charge is 0.412 e. The number of hydrogen-bond acceptors (Lipinski definition) is 3. The molecule has 3 nitrogen and oxygen atoms in total. The topological polar surface area (TPSA) is 35.5 Å². The van der Waals surface area contributed by atoms with Crippen molar-refractivity contribution in [3.63, 3.8) is 0 Å². The average molecular weight is 459 g/mol. The van der Waals surface area contributed by atoms with Gasteiger partial charge in [-0.3, -0.25) is 13.6 Å². The van der Waals surface area contributed by atoms with Gasteiger partial charge in [-0.25, -0.2) is 0 Å². The molecule has 158 valence electrons. The highest BCUT2D eigenvalue weighted by atomic mass is 35.5. The zero-order valence-electron chi connectivity index (χ0n) is 14.8. The summed E-state index contributed by atoms with van der Waals surface area (Å²) in [5, 5.41) is 0.305. The van der Waals surface area contributed by atoms with Crippen LogP contribution >= 0.6 is 19.2 Å². The Morgan fingerprint density at radius 1 is 0.897 bits per heavy atom. The zero-order valence-corrected chi connectivity index (χ0v) is 16.4. The van der Waals surface area contributed by atoms with Gasteiger partial charge in [0, 0.05) is 5.02 Å². The standard InChI is InChI=1S/C18H14ClF6O3P/c1-10-2-4-12-14(6-10)15-7-11(19)3-5-13(15)16(12)29(26,27-8-17(20,21)22)28-9-18(23,24)25/h2-7,16H,8-9H2,1H3. The first-order valence-corrected chi connectivity index (χ1v) is 10.2. The first-order chi connectivity index (χ1) is 13.3. The van der Waals surface area contributed by atoms with Gasteiger partial charge in [-0.05, 0) is 41.3 Å². The molecule has 0 aromatic heterocycles. The fourth-order valence-electron chi connectivity index (χ4n) is 3.16. The quantitative estimate of drug-likeness (QED) is 0.355. The van der Waals surface area contributed by atoms with Gasteiger partial charge in [0.2, 0.25) is 0 Å². The Bertz CT molecular complexity index is 900. The lowest BCUT2D eigenvalue weighted by molar-refractivity contribution is -0.165. The minimum absolute atomic E-state index is 0.225. The number of hydrogen-bond donors (Lipinski definition) is 0. The average Bonchev–Trinajstić information content (AvgIpc) is 2.91. The third kappa shape index (κ3) is 4.97. The fraction of sp³-hybridized carbons (Fsp3) is 0.333. The summed E-state index contributed by atoms with van der Waals surface area (Å²) in [6.07, 6.45) is -9.82. The van der Waals surface area contributed by atoms with Crippen molar-refractivity contribution >= 4 is 19.2 Å². The second kappa shape index (κ2) is 7.61. The van der Waals surface area contributed by atoms with Crippen molar-refractivity contribution in [1.29, 1.82) is 0 Å². The van der Waals surface area contributed by atoms with E-state index in [2.05, 4.69) is 9.05 Å². The van der Waals surface area contributed by atoms with Crippen molar-refractivity contribution < 1.29 is 40.0 Å². The van der Waals surface area contributed by atoms with Crippen LogP contribution in [-0.4, -0.2) is 25.6 Å². The molecule has 29 heavy (non-hydrogen) atoms. The van der Waals surface area contributed by atoms with E-state index in [0.29, 0.717) is 16.1 Å².